The summed E-state index contributed by atoms with van der Waals surface area (Å²) in [5.74, 6) is 0.555. The number of nitriles is 1. The normalized spacial score (nSPS) is 11.8. The highest BCUT2D eigenvalue weighted by atomic mass is 16.5. The zero-order chi connectivity index (χ0) is 29.5. The quantitative estimate of drug-likeness (QED) is 0.0882. The molecule has 3 aromatic carbocycles. The van der Waals surface area contributed by atoms with E-state index in [-0.39, 0.29) is 12.0 Å². The molecule has 7 heteroatoms. The first kappa shape index (κ1) is 31.4. The van der Waals surface area contributed by atoms with Gasteiger partial charge in [0.2, 0.25) is 0 Å². The van der Waals surface area contributed by atoms with Crippen LogP contribution in [0.15, 0.2) is 78.9 Å². The molecule has 0 amide bonds. The summed E-state index contributed by atoms with van der Waals surface area (Å²) >= 11 is 0. The molecule has 0 saturated carbocycles. The summed E-state index contributed by atoms with van der Waals surface area (Å²) < 4.78 is 17.4. The molecule has 0 aliphatic rings. The molecule has 0 fully saturated rings. The first-order valence-electron chi connectivity index (χ1n) is 14.2. The van der Waals surface area contributed by atoms with Gasteiger partial charge in [0.15, 0.2) is 6.04 Å². The van der Waals surface area contributed by atoms with Crippen molar-refractivity contribution in [1.82, 2.24) is 0 Å². The van der Waals surface area contributed by atoms with Crippen LogP contribution in [0.2, 0.25) is 0 Å². The van der Waals surface area contributed by atoms with Gasteiger partial charge in [0.05, 0.1) is 51.6 Å². The summed E-state index contributed by atoms with van der Waals surface area (Å²) in [6, 6.07) is 25.2. The third-order valence-electron chi connectivity index (χ3n) is 6.81. The Morgan fingerprint density at radius 3 is 1.95 bits per heavy atom. The van der Waals surface area contributed by atoms with Crippen molar-refractivity contribution in [2.45, 2.75) is 51.0 Å². The number of benzene rings is 3. The van der Waals surface area contributed by atoms with Gasteiger partial charge in [0, 0.05) is 6.42 Å². The summed E-state index contributed by atoms with van der Waals surface area (Å²) in [5, 5.41) is 8.86. The van der Waals surface area contributed by atoms with Crippen LogP contribution in [-0.4, -0.2) is 56.8 Å². The van der Waals surface area contributed by atoms with Gasteiger partial charge in [-0.15, -0.1) is 0 Å². The van der Waals surface area contributed by atoms with E-state index < -0.39 is 5.97 Å². The highest BCUT2D eigenvalue weighted by Gasteiger charge is 2.33. The molecule has 3 rings (SSSR count). The number of rotatable bonds is 16. The molecule has 0 saturated heterocycles. The van der Waals surface area contributed by atoms with Crippen LogP contribution >= 0.6 is 0 Å². The Bertz CT molecular complexity index is 1260. The maximum Gasteiger partial charge on any atom is 0.365 e. The molecule has 216 valence electrons. The topological polar surface area (TPSA) is 85.6 Å². The van der Waals surface area contributed by atoms with Crippen molar-refractivity contribution in [3.8, 4) is 17.6 Å². The monoisotopic (exact) mass is 557 g/mol. The number of hydrogen-bond acceptors (Lipinski definition) is 6. The first-order valence-corrected chi connectivity index (χ1v) is 14.2. The lowest BCUT2D eigenvalue weighted by molar-refractivity contribution is -0.887. The molecule has 1 atom stereocenters. The van der Waals surface area contributed by atoms with Crippen molar-refractivity contribution < 1.29 is 28.3 Å². The van der Waals surface area contributed by atoms with Crippen LogP contribution in [0.4, 0.5) is 0 Å². The summed E-state index contributed by atoms with van der Waals surface area (Å²) in [5.41, 5.74) is 2.02. The number of hydrogen-bond donors (Lipinski definition) is 0. The molecule has 0 aliphatic carbocycles. The Morgan fingerprint density at radius 1 is 0.756 bits per heavy atom. The molecule has 1 unspecified atom stereocenters. The molecule has 0 radical (unpaired) electrons. The second-order valence-corrected chi connectivity index (χ2v) is 11.0. The van der Waals surface area contributed by atoms with E-state index in [2.05, 4.69) is 12.1 Å². The fraction of sp³-hybridized carbons (Fsp3) is 0.382. The van der Waals surface area contributed by atoms with Crippen molar-refractivity contribution in [3.05, 3.63) is 95.6 Å². The maximum atomic E-state index is 12.8. The lowest BCUT2D eigenvalue weighted by atomic mass is 10.0. The molecule has 0 bridgehead atoms. The Morgan fingerprint density at radius 2 is 1.34 bits per heavy atom. The summed E-state index contributed by atoms with van der Waals surface area (Å²) in [6.07, 6.45) is 6.80. The van der Waals surface area contributed by atoms with Gasteiger partial charge in [-0.3, -0.25) is 0 Å². The van der Waals surface area contributed by atoms with E-state index in [0.29, 0.717) is 41.0 Å². The van der Waals surface area contributed by atoms with E-state index in [1.807, 2.05) is 45.4 Å². The van der Waals surface area contributed by atoms with Gasteiger partial charge in [0.25, 0.3) is 0 Å². The SMILES string of the molecule is C[N+](C)(C)C(Cc1ccccc1)C(=O)OCCCCCCCCOc1ccc(OC(=O)c2ccc(C#N)cc2)cc1. The first-order chi connectivity index (χ1) is 19.8. The highest BCUT2D eigenvalue weighted by molar-refractivity contribution is 5.91. The zero-order valence-corrected chi connectivity index (χ0v) is 24.4. The van der Waals surface area contributed by atoms with Crippen LogP contribution in [0.3, 0.4) is 0 Å². The third kappa shape index (κ3) is 11.1. The second-order valence-electron chi connectivity index (χ2n) is 11.0. The molecular weight excluding hydrogens is 516 g/mol. The van der Waals surface area contributed by atoms with E-state index in [0.717, 1.165) is 49.8 Å². The Balaban J connectivity index is 1.24. The molecule has 0 aromatic heterocycles. The summed E-state index contributed by atoms with van der Waals surface area (Å²) in [7, 11) is 6.10. The molecule has 0 aliphatic heterocycles. The van der Waals surface area contributed by atoms with Crippen LogP contribution in [0.25, 0.3) is 0 Å². The van der Waals surface area contributed by atoms with Crippen molar-refractivity contribution in [3.63, 3.8) is 0 Å². The van der Waals surface area contributed by atoms with Crippen LogP contribution < -0.4 is 9.47 Å². The molecule has 0 N–H and O–H groups in total. The smallest absolute Gasteiger partial charge is 0.365 e. The van der Waals surface area contributed by atoms with E-state index >= 15 is 0 Å². The number of unbranched alkanes of at least 4 members (excludes halogenated alkanes) is 5. The van der Waals surface area contributed by atoms with Gasteiger partial charge in [-0.1, -0.05) is 56.0 Å². The number of carbonyl (C=O) groups excluding carboxylic acids is 2. The zero-order valence-electron chi connectivity index (χ0n) is 24.4. The van der Waals surface area contributed by atoms with E-state index in [9.17, 15) is 9.59 Å². The van der Waals surface area contributed by atoms with E-state index in [1.165, 1.54) is 0 Å². The maximum absolute atomic E-state index is 12.8. The Hall–Kier alpha value is -4.15. The number of carbonyl (C=O) groups is 2. The molecule has 7 nitrogen and oxygen atoms in total. The number of ether oxygens (including phenoxy) is 3. The third-order valence-corrected chi connectivity index (χ3v) is 6.81. The highest BCUT2D eigenvalue weighted by Crippen LogP contribution is 2.20. The molecule has 0 spiro atoms. The minimum atomic E-state index is -0.474. The van der Waals surface area contributed by atoms with Gasteiger partial charge in [0.1, 0.15) is 11.5 Å². The lowest BCUT2D eigenvalue weighted by Crippen LogP contribution is -2.51. The van der Waals surface area contributed by atoms with E-state index in [4.69, 9.17) is 19.5 Å². The molecule has 41 heavy (non-hydrogen) atoms. The predicted octanol–water partition coefficient (Wildman–Crippen LogP) is 6.36. The fourth-order valence-corrected chi connectivity index (χ4v) is 4.33. The Kier molecular flexibility index (Phi) is 12.4. The van der Waals surface area contributed by atoms with Gasteiger partial charge in [-0.05, 0) is 66.9 Å². The standard InChI is InChI=1S/C34H41N2O5/c1-36(2,3)32(25-27-13-9-8-10-14-27)34(38)40-24-12-7-5-4-6-11-23-39-30-19-21-31(22-20-30)41-33(37)29-17-15-28(26-35)16-18-29/h8-10,13-22,32H,4-7,11-12,23-25H2,1-3H3/q+1. The van der Waals surface area contributed by atoms with Crippen molar-refractivity contribution in [2.75, 3.05) is 34.4 Å². The summed E-state index contributed by atoms with van der Waals surface area (Å²) in [6.45, 7) is 1.09. The van der Waals surface area contributed by atoms with Gasteiger partial charge < -0.3 is 18.7 Å². The van der Waals surface area contributed by atoms with E-state index in [1.54, 1.807) is 48.5 Å². The number of likely N-dealkylation sites (N-methyl/N-ethyl adjacent to an activating group) is 1. The van der Waals surface area contributed by atoms with Gasteiger partial charge >= 0.3 is 11.9 Å². The van der Waals surface area contributed by atoms with Crippen LogP contribution in [0.5, 0.6) is 11.5 Å². The number of nitrogens with zero attached hydrogens (tertiary/aromatic N) is 2. The lowest BCUT2D eigenvalue weighted by Gasteiger charge is -2.32. The van der Waals surface area contributed by atoms with Crippen LogP contribution in [-0.2, 0) is 16.0 Å². The minimum Gasteiger partial charge on any atom is -0.494 e. The average molecular weight is 558 g/mol. The minimum absolute atomic E-state index is 0.129. The predicted molar refractivity (Wildman–Crippen MR) is 159 cm³/mol. The van der Waals surface area contributed by atoms with Gasteiger partial charge in [-0.2, -0.15) is 5.26 Å². The number of esters is 2. The molecule has 0 heterocycles. The second kappa shape index (κ2) is 16.2. The molecule has 3 aromatic rings. The largest absolute Gasteiger partial charge is 0.494 e. The number of quaternary nitrogens is 1. The fourth-order valence-electron chi connectivity index (χ4n) is 4.33. The summed E-state index contributed by atoms with van der Waals surface area (Å²) in [4.78, 5) is 25.0. The van der Waals surface area contributed by atoms with Crippen LogP contribution in [0.1, 0.15) is 60.0 Å². The average Bonchev–Trinajstić information content (AvgIpc) is 2.97. The van der Waals surface area contributed by atoms with Crippen LogP contribution in [0, 0.1) is 11.3 Å². The molecular formula is C34H41N2O5+. The van der Waals surface area contributed by atoms with Gasteiger partial charge in [-0.25, -0.2) is 9.59 Å². The van der Waals surface area contributed by atoms with Crippen molar-refractivity contribution in [1.29, 1.82) is 5.26 Å². The van der Waals surface area contributed by atoms with Crippen molar-refractivity contribution >= 4 is 11.9 Å². The van der Waals surface area contributed by atoms with Crippen molar-refractivity contribution in [2.24, 2.45) is 0 Å². The Labute approximate surface area is 243 Å².